The van der Waals surface area contributed by atoms with Gasteiger partial charge < -0.3 is 4.90 Å². The molecule has 0 spiro atoms. The van der Waals surface area contributed by atoms with Crippen LogP contribution in [0.2, 0.25) is 0 Å². The van der Waals surface area contributed by atoms with Crippen molar-refractivity contribution in [3.8, 4) is 17.3 Å². The normalized spacial score (nSPS) is 11.2. The molecule has 3 aromatic rings. The van der Waals surface area contributed by atoms with Gasteiger partial charge in [-0.05, 0) is 30.7 Å². The summed E-state index contributed by atoms with van der Waals surface area (Å²) in [6.07, 6.45) is 1.89. The van der Waals surface area contributed by atoms with Gasteiger partial charge >= 0.3 is 0 Å². The molecule has 0 saturated heterocycles. The molecule has 1 heterocycles. The van der Waals surface area contributed by atoms with Crippen molar-refractivity contribution in [1.82, 2.24) is 4.98 Å². The van der Waals surface area contributed by atoms with Crippen molar-refractivity contribution in [1.29, 1.82) is 5.26 Å². The summed E-state index contributed by atoms with van der Waals surface area (Å²) in [6, 6.07) is 18.7. The van der Waals surface area contributed by atoms with Gasteiger partial charge in [-0.15, -0.1) is 11.3 Å². The third-order valence-electron chi connectivity index (χ3n) is 3.92. The second kappa shape index (κ2) is 7.33. The zero-order chi connectivity index (χ0) is 17.8. The minimum atomic E-state index is 0.584. The molecule has 3 nitrogen and oxygen atoms in total. The first kappa shape index (κ1) is 16.9. The number of hydrogen-bond acceptors (Lipinski definition) is 4. The predicted molar refractivity (Wildman–Crippen MR) is 107 cm³/mol. The van der Waals surface area contributed by atoms with Crippen molar-refractivity contribution in [2.24, 2.45) is 0 Å². The van der Waals surface area contributed by atoms with E-state index in [0.29, 0.717) is 5.57 Å². The van der Waals surface area contributed by atoms with Crippen LogP contribution in [-0.4, -0.2) is 19.1 Å². The van der Waals surface area contributed by atoms with E-state index in [-0.39, 0.29) is 0 Å². The Balaban J connectivity index is 1.88. The highest BCUT2D eigenvalue weighted by Crippen LogP contribution is 2.27. The third-order valence-corrected chi connectivity index (χ3v) is 4.80. The zero-order valence-electron chi connectivity index (χ0n) is 14.5. The van der Waals surface area contributed by atoms with E-state index in [9.17, 15) is 5.26 Å². The Hall–Kier alpha value is -2.90. The van der Waals surface area contributed by atoms with Crippen LogP contribution in [0.3, 0.4) is 0 Å². The molecule has 0 aliphatic heterocycles. The van der Waals surface area contributed by atoms with Crippen LogP contribution >= 0.6 is 11.3 Å². The van der Waals surface area contributed by atoms with Crippen LogP contribution < -0.4 is 4.90 Å². The molecule has 4 heteroatoms. The Morgan fingerprint density at radius 3 is 2.36 bits per heavy atom. The summed E-state index contributed by atoms with van der Waals surface area (Å²) < 4.78 is 0. The molecule has 124 valence electrons. The van der Waals surface area contributed by atoms with Gasteiger partial charge in [-0.1, -0.05) is 42.0 Å². The molecule has 0 amide bonds. The highest BCUT2D eigenvalue weighted by molar-refractivity contribution is 7.11. The zero-order valence-corrected chi connectivity index (χ0v) is 15.3. The lowest BCUT2D eigenvalue weighted by molar-refractivity contribution is 1.13. The SMILES string of the molecule is Cc1ccc(-c2csc(C(C#N)=Cc3ccc(N(C)C)cc3)n2)cc1. The molecule has 0 N–H and O–H groups in total. The number of anilines is 1. The Labute approximate surface area is 152 Å². The van der Waals surface area contributed by atoms with E-state index in [1.54, 1.807) is 0 Å². The highest BCUT2D eigenvalue weighted by atomic mass is 32.1. The largest absolute Gasteiger partial charge is 0.378 e. The maximum Gasteiger partial charge on any atom is 0.134 e. The molecule has 0 radical (unpaired) electrons. The van der Waals surface area contributed by atoms with E-state index < -0.39 is 0 Å². The summed E-state index contributed by atoms with van der Waals surface area (Å²) in [6.45, 7) is 2.06. The fourth-order valence-electron chi connectivity index (χ4n) is 2.43. The monoisotopic (exact) mass is 345 g/mol. The van der Waals surface area contributed by atoms with Crippen LogP contribution in [0.4, 0.5) is 5.69 Å². The Morgan fingerprint density at radius 2 is 1.76 bits per heavy atom. The van der Waals surface area contributed by atoms with Crippen LogP contribution in [0.25, 0.3) is 22.9 Å². The number of aromatic nitrogens is 1. The molecule has 0 aliphatic rings. The number of hydrogen-bond donors (Lipinski definition) is 0. The number of allylic oxidation sites excluding steroid dienone is 1. The van der Waals surface area contributed by atoms with Gasteiger partial charge in [0.15, 0.2) is 0 Å². The molecule has 2 aromatic carbocycles. The molecule has 0 aliphatic carbocycles. The van der Waals surface area contributed by atoms with Crippen molar-refractivity contribution in [2.75, 3.05) is 19.0 Å². The molecule has 25 heavy (non-hydrogen) atoms. The quantitative estimate of drug-likeness (QED) is 0.606. The van der Waals surface area contributed by atoms with E-state index in [0.717, 1.165) is 27.5 Å². The van der Waals surface area contributed by atoms with Crippen molar-refractivity contribution in [2.45, 2.75) is 6.92 Å². The topological polar surface area (TPSA) is 39.9 Å². The Bertz CT molecular complexity index is 927. The summed E-state index contributed by atoms with van der Waals surface area (Å²) in [5, 5.41) is 12.3. The molecule has 0 saturated carbocycles. The fourth-order valence-corrected chi connectivity index (χ4v) is 3.23. The van der Waals surface area contributed by atoms with Gasteiger partial charge in [0, 0.05) is 30.7 Å². The first-order valence-electron chi connectivity index (χ1n) is 7.99. The lowest BCUT2D eigenvalue weighted by Gasteiger charge is -2.11. The van der Waals surface area contributed by atoms with Gasteiger partial charge in [0.25, 0.3) is 0 Å². The summed E-state index contributed by atoms with van der Waals surface area (Å²) in [7, 11) is 4.02. The molecule has 1 aromatic heterocycles. The van der Waals surface area contributed by atoms with Gasteiger partial charge in [-0.3, -0.25) is 0 Å². The van der Waals surface area contributed by atoms with Crippen LogP contribution in [0, 0.1) is 18.3 Å². The fraction of sp³-hybridized carbons (Fsp3) is 0.143. The molecule has 3 rings (SSSR count). The molecule has 0 fully saturated rings. The number of thiazole rings is 1. The van der Waals surface area contributed by atoms with Crippen molar-refractivity contribution in [3.05, 3.63) is 70.0 Å². The summed E-state index contributed by atoms with van der Waals surface area (Å²) >= 11 is 1.50. The Morgan fingerprint density at radius 1 is 1.08 bits per heavy atom. The molecule has 0 unspecified atom stereocenters. The summed E-state index contributed by atoms with van der Waals surface area (Å²) in [5.74, 6) is 0. The Kier molecular flexibility index (Phi) is 4.97. The van der Waals surface area contributed by atoms with E-state index in [1.165, 1.54) is 16.9 Å². The lowest BCUT2D eigenvalue weighted by atomic mass is 10.1. The van der Waals surface area contributed by atoms with Crippen LogP contribution in [0.5, 0.6) is 0 Å². The van der Waals surface area contributed by atoms with E-state index in [4.69, 9.17) is 0 Å². The smallest absolute Gasteiger partial charge is 0.134 e. The number of aryl methyl sites for hydroxylation is 1. The average Bonchev–Trinajstić information content (AvgIpc) is 3.10. The van der Waals surface area contributed by atoms with Crippen molar-refractivity contribution in [3.63, 3.8) is 0 Å². The van der Waals surface area contributed by atoms with Gasteiger partial charge in [-0.25, -0.2) is 4.98 Å². The van der Waals surface area contributed by atoms with Gasteiger partial charge in [-0.2, -0.15) is 5.26 Å². The first-order valence-corrected chi connectivity index (χ1v) is 8.87. The third kappa shape index (κ3) is 3.96. The molecular formula is C21H19N3S. The highest BCUT2D eigenvalue weighted by Gasteiger charge is 2.09. The first-order chi connectivity index (χ1) is 12.1. The van der Waals surface area contributed by atoms with E-state index in [1.807, 2.05) is 54.7 Å². The molecule has 0 bridgehead atoms. The van der Waals surface area contributed by atoms with Crippen LogP contribution in [0.1, 0.15) is 16.1 Å². The second-order valence-electron chi connectivity index (χ2n) is 6.06. The molecular weight excluding hydrogens is 326 g/mol. The maximum absolute atomic E-state index is 9.54. The predicted octanol–water partition coefficient (Wildman–Crippen LogP) is 5.25. The average molecular weight is 345 g/mol. The number of nitrogens with zero attached hydrogens (tertiary/aromatic N) is 3. The van der Waals surface area contributed by atoms with Gasteiger partial charge in [0.1, 0.15) is 11.1 Å². The minimum absolute atomic E-state index is 0.584. The standard InChI is InChI=1S/C21H19N3S/c1-15-4-8-17(9-5-15)20-14-25-21(23-20)18(13-22)12-16-6-10-19(11-7-16)24(2)3/h4-12,14H,1-3H3. The van der Waals surface area contributed by atoms with E-state index >= 15 is 0 Å². The van der Waals surface area contributed by atoms with Crippen molar-refractivity contribution >= 4 is 28.7 Å². The van der Waals surface area contributed by atoms with E-state index in [2.05, 4.69) is 42.2 Å². The number of nitriles is 1. The number of rotatable bonds is 4. The van der Waals surface area contributed by atoms with Gasteiger partial charge in [0.05, 0.1) is 11.3 Å². The van der Waals surface area contributed by atoms with Gasteiger partial charge in [0.2, 0.25) is 0 Å². The number of benzene rings is 2. The minimum Gasteiger partial charge on any atom is -0.378 e. The van der Waals surface area contributed by atoms with Crippen LogP contribution in [-0.2, 0) is 0 Å². The summed E-state index contributed by atoms with van der Waals surface area (Å²) in [4.78, 5) is 6.69. The van der Waals surface area contributed by atoms with Crippen molar-refractivity contribution < 1.29 is 0 Å². The summed E-state index contributed by atoms with van der Waals surface area (Å²) in [5.41, 5.74) is 5.91. The van der Waals surface area contributed by atoms with Crippen LogP contribution in [0.15, 0.2) is 53.9 Å². The molecule has 0 atom stereocenters. The maximum atomic E-state index is 9.54. The lowest BCUT2D eigenvalue weighted by Crippen LogP contribution is -2.07. The second-order valence-corrected chi connectivity index (χ2v) is 6.92.